The second-order valence-electron chi connectivity index (χ2n) is 9.59. The Labute approximate surface area is 221 Å². The molecule has 3 amide bonds. The van der Waals surface area contributed by atoms with Crippen LogP contribution in [0.4, 0.5) is 16.3 Å². The number of rotatable bonds is 9. The number of benzene rings is 2. The van der Waals surface area contributed by atoms with Crippen LogP contribution < -0.4 is 10.6 Å². The highest BCUT2D eigenvalue weighted by Crippen LogP contribution is 2.27. The summed E-state index contributed by atoms with van der Waals surface area (Å²) in [6.45, 7) is 8.95. The van der Waals surface area contributed by atoms with E-state index in [4.69, 9.17) is 9.84 Å². The summed E-state index contributed by atoms with van der Waals surface area (Å²) < 4.78 is 7.66. The topological polar surface area (TPSA) is 88.5 Å². The van der Waals surface area contributed by atoms with Gasteiger partial charge in [0.2, 0.25) is 5.91 Å². The van der Waals surface area contributed by atoms with Crippen LogP contribution in [0.2, 0.25) is 0 Å². The largest absolute Gasteiger partial charge is 0.385 e. The number of nitrogens with zero attached hydrogens (tertiary/aromatic N) is 3. The average molecular weight is 557 g/mol. The standard InChI is InChI=1S/C27H34BrN5O3/c1-19-11-6-9-14-22(19)33-24(17-23(31-33)27(2,3)4)30-25(34)18-32(15-10-16-36-5)26(35)29-21-13-8-7-12-20(21)28/h6-9,11-14,17H,10,15-16,18H2,1-5H3,(H,29,35)(H,30,34). The summed E-state index contributed by atoms with van der Waals surface area (Å²) in [5, 5.41) is 10.6. The number of para-hydroxylation sites is 2. The van der Waals surface area contributed by atoms with Crippen LogP contribution in [-0.2, 0) is 14.9 Å². The smallest absolute Gasteiger partial charge is 0.322 e. The number of hydrogen-bond donors (Lipinski definition) is 2. The molecule has 0 unspecified atom stereocenters. The molecule has 0 aliphatic rings. The van der Waals surface area contributed by atoms with E-state index in [2.05, 4.69) is 47.3 Å². The molecule has 8 nitrogen and oxygen atoms in total. The molecule has 2 N–H and O–H groups in total. The molecule has 0 spiro atoms. The number of carbonyl (C=O) groups is 2. The lowest BCUT2D eigenvalue weighted by molar-refractivity contribution is -0.116. The van der Waals surface area contributed by atoms with Crippen LogP contribution in [0, 0.1) is 6.92 Å². The van der Waals surface area contributed by atoms with E-state index in [-0.39, 0.29) is 23.9 Å². The van der Waals surface area contributed by atoms with Crippen molar-refractivity contribution >= 4 is 39.4 Å². The Morgan fingerprint density at radius 1 is 1.08 bits per heavy atom. The van der Waals surface area contributed by atoms with E-state index in [1.807, 2.05) is 55.5 Å². The van der Waals surface area contributed by atoms with Gasteiger partial charge >= 0.3 is 6.03 Å². The molecule has 192 valence electrons. The highest BCUT2D eigenvalue weighted by atomic mass is 79.9. The van der Waals surface area contributed by atoms with Crippen molar-refractivity contribution in [1.29, 1.82) is 0 Å². The third-order valence-electron chi connectivity index (χ3n) is 5.60. The predicted molar refractivity (Wildman–Crippen MR) is 147 cm³/mol. The van der Waals surface area contributed by atoms with E-state index in [0.29, 0.717) is 31.1 Å². The van der Waals surface area contributed by atoms with Crippen molar-refractivity contribution in [2.45, 2.75) is 39.5 Å². The molecule has 0 atom stereocenters. The molecule has 0 aliphatic heterocycles. The first kappa shape index (κ1) is 27.4. The molecule has 3 rings (SSSR count). The Hall–Kier alpha value is -3.17. The fourth-order valence-corrected chi connectivity index (χ4v) is 3.97. The lowest BCUT2D eigenvalue weighted by Crippen LogP contribution is -2.41. The third kappa shape index (κ3) is 7.18. The predicted octanol–water partition coefficient (Wildman–Crippen LogP) is 5.75. The zero-order valence-electron chi connectivity index (χ0n) is 21.5. The number of halogens is 1. The van der Waals surface area contributed by atoms with Crippen molar-refractivity contribution in [2.75, 3.05) is 37.4 Å². The normalized spacial score (nSPS) is 11.3. The molecular formula is C27H34BrN5O3. The fraction of sp³-hybridized carbons (Fsp3) is 0.370. The first-order chi connectivity index (χ1) is 17.1. The van der Waals surface area contributed by atoms with Crippen LogP contribution in [0.25, 0.3) is 5.69 Å². The van der Waals surface area contributed by atoms with Crippen LogP contribution in [-0.4, -0.2) is 53.4 Å². The zero-order valence-corrected chi connectivity index (χ0v) is 23.1. The van der Waals surface area contributed by atoms with Crippen LogP contribution in [0.3, 0.4) is 0 Å². The van der Waals surface area contributed by atoms with Crippen LogP contribution >= 0.6 is 15.9 Å². The van der Waals surface area contributed by atoms with Crippen LogP contribution in [0.5, 0.6) is 0 Å². The molecular weight excluding hydrogens is 522 g/mol. The Balaban J connectivity index is 1.82. The highest BCUT2D eigenvalue weighted by Gasteiger charge is 2.23. The van der Waals surface area contributed by atoms with Gasteiger partial charge in [-0.2, -0.15) is 5.10 Å². The maximum Gasteiger partial charge on any atom is 0.322 e. The lowest BCUT2D eigenvalue weighted by Gasteiger charge is -2.23. The Bertz CT molecular complexity index is 1200. The number of aromatic nitrogens is 2. The minimum atomic E-state index is -0.365. The molecule has 0 saturated heterocycles. The molecule has 36 heavy (non-hydrogen) atoms. The Kier molecular flexibility index (Phi) is 9.28. The summed E-state index contributed by atoms with van der Waals surface area (Å²) in [5.41, 5.74) is 3.19. The number of ether oxygens (including phenoxy) is 1. The van der Waals surface area contributed by atoms with E-state index in [9.17, 15) is 9.59 Å². The summed E-state index contributed by atoms with van der Waals surface area (Å²) in [5.74, 6) is 0.243. The van der Waals surface area contributed by atoms with Gasteiger partial charge in [0.25, 0.3) is 0 Å². The maximum absolute atomic E-state index is 13.2. The van der Waals surface area contributed by atoms with Crippen molar-refractivity contribution in [1.82, 2.24) is 14.7 Å². The van der Waals surface area contributed by atoms with E-state index in [0.717, 1.165) is 21.4 Å². The molecule has 0 bridgehead atoms. The number of methoxy groups -OCH3 is 1. The molecule has 2 aromatic carbocycles. The first-order valence-electron chi connectivity index (χ1n) is 11.9. The van der Waals surface area contributed by atoms with Crippen molar-refractivity contribution in [3.63, 3.8) is 0 Å². The molecule has 3 aromatic rings. The molecule has 0 radical (unpaired) electrons. The second kappa shape index (κ2) is 12.2. The number of aryl methyl sites for hydroxylation is 1. The number of hydrogen-bond acceptors (Lipinski definition) is 4. The van der Waals surface area contributed by atoms with Crippen molar-refractivity contribution < 1.29 is 14.3 Å². The monoisotopic (exact) mass is 555 g/mol. The zero-order chi connectivity index (χ0) is 26.3. The van der Waals surface area contributed by atoms with E-state index < -0.39 is 0 Å². The van der Waals surface area contributed by atoms with Gasteiger partial charge in [-0.1, -0.05) is 51.1 Å². The van der Waals surface area contributed by atoms with Gasteiger partial charge in [-0.15, -0.1) is 0 Å². The summed E-state index contributed by atoms with van der Waals surface area (Å²) in [4.78, 5) is 27.7. The lowest BCUT2D eigenvalue weighted by atomic mass is 9.92. The van der Waals surface area contributed by atoms with Gasteiger partial charge in [-0.25, -0.2) is 9.48 Å². The molecule has 0 fully saturated rings. The van der Waals surface area contributed by atoms with Crippen molar-refractivity contribution in [3.05, 3.63) is 70.3 Å². The van der Waals surface area contributed by atoms with Crippen molar-refractivity contribution in [2.24, 2.45) is 0 Å². The van der Waals surface area contributed by atoms with Crippen LogP contribution in [0.1, 0.15) is 38.4 Å². The first-order valence-corrected chi connectivity index (χ1v) is 12.6. The molecule has 1 aromatic heterocycles. The minimum absolute atomic E-state index is 0.121. The Morgan fingerprint density at radius 2 is 1.78 bits per heavy atom. The van der Waals surface area contributed by atoms with E-state index in [1.165, 1.54) is 4.90 Å². The number of carbonyl (C=O) groups excluding carboxylic acids is 2. The number of anilines is 2. The minimum Gasteiger partial charge on any atom is -0.385 e. The van der Waals surface area contributed by atoms with Gasteiger partial charge in [0.15, 0.2) is 0 Å². The van der Waals surface area contributed by atoms with E-state index in [1.54, 1.807) is 17.9 Å². The van der Waals surface area contributed by atoms with Gasteiger partial charge in [0.05, 0.1) is 17.1 Å². The second-order valence-corrected chi connectivity index (χ2v) is 10.4. The van der Waals surface area contributed by atoms with E-state index >= 15 is 0 Å². The SMILES string of the molecule is COCCCN(CC(=O)Nc1cc(C(C)(C)C)nn1-c1ccccc1C)C(=O)Nc1ccccc1Br. The molecule has 0 saturated carbocycles. The van der Waals surface area contributed by atoms with Gasteiger partial charge < -0.3 is 20.3 Å². The quantitative estimate of drug-likeness (QED) is 0.329. The van der Waals surface area contributed by atoms with Gasteiger partial charge in [-0.3, -0.25) is 4.79 Å². The van der Waals surface area contributed by atoms with Crippen LogP contribution in [0.15, 0.2) is 59.1 Å². The molecule has 9 heteroatoms. The Morgan fingerprint density at radius 3 is 2.44 bits per heavy atom. The van der Waals surface area contributed by atoms with Crippen molar-refractivity contribution in [3.8, 4) is 5.69 Å². The fourth-order valence-electron chi connectivity index (χ4n) is 3.59. The third-order valence-corrected chi connectivity index (χ3v) is 6.29. The molecule has 0 aliphatic carbocycles. The number of nitrogens with one attached hydrogen (secondary N) is 2. The van der Waals surface area contributed by atoms with Gasteiger partial charge in [0, 0.05) is 36.2 Å². The number of amides is 3. The number of urea groups is 1. The summed E-state index contributed by atoms with van der Waals surface area (Å²) in [7, 11) is 1.61. The van der Waals surface area contributed by atoms with Gasteiger partial charge in [-0.05, 0) is 53.0 Å². The highest BCUT2D eigenvalue weighted by molar-refractivity contribution is 9.10. The van der Waals surface area contributed by atoms with Gasteiger partial charge in [0.1, 0.15) is 12.4 Å². The summed E-state index contributed by atoms with van der Waals surface area (Å²) >= 11 is 3.44. The maximum atomic E-state index is 13.2. The summed E-state index contributed by atoms with van der Waals surface area (Å²) in [6.07, 6.45) is 0.600. The molecule has 1 heterocycles. The summed E-state index contributed by atoms with van der Waals surface area (Å²) in [6, 6.07) is 16.7. The average Bonchev–Trinajstić information content (AvgIpc) is 3.24.